The molecule has 26 heavy (non-hydrogen) atoms. The van der Waals surface area contributed by atoms with Crippen molar-refractivity contribution in [3.05, 3.63) is 59.0 Å². The van der Waals surface area contributed by atoms with Crippen molar-refractivity contribution in [3.8, 4) is 5.69 Å². The molecule has 0 radical (unpaired) electrons. The van der Waals surface area contributed by atoms with Crippen molar-refractivity contribution >= 4 is 0 Å². The Labute approximate surface area is 153 Å². The van der Waals surface area contributed by atoms with E-state index in [0.717, 1.165) is 38.3 Å². The van der Waals surface area contributed by atoms with Crippen molar-refractivity contribution in [2.24, 2.45) is 0 Å². The quantitative estimate of drug-likeness (QED) is 0.719. The maximum absolute atomic E-state index is 5.18. The Morgan fingerprint density at radius 2 is 2.12 bits per heavy atom. The molecule has 0 saturated carbocycles. The van der Waals surface area contributed by atoms with Crippen molar-refractivity contribution < 1.29 is 4.52 Å². The maximum Gasteiger partial charge on any atom is 0.223 e. The summed E-state index contributed by atoms with van der Waals surface area (Å²) < 4.78 is 7.16. The van der Waals surface area contributed by atoms with Crippen LogP contribution < -0.4 is 0 Å². The van der Waals surface area contributed by atoms with E-state index in [4.69, 9.17) is 4.52 Å². The molecule has 3 heterocycles. The smallest absolute Gasteiger partial charge is 0.223 e. The lowest BCUT2D eigenvalue weighted by Gasteiger charge is -2.32. The fraction of sp³-hybridized carbons (Fsp3) is 0.450. The van der Waals surface area contributed by atoms with Crippen LogP contribution in [0.5, 0.6) is 0 Å². The highest BCUT2D eigenvalue weighted by molar-refractivity contribution is 5.49. The first-order valence-electron chi connectivity index (χ1n) is 9.23. The summed E-state index contributed by atoms with van der Waals surface area (Å²) in [5, 5.41) is 8.60. The Kier molecular flexibility index (Phi) is 4.59. The minimum atomic E-state index is 0.347. The summed E-state index contributed by atoms with van der Waals surface area (Å²) in [4.78, 5) is 6.94. The molecule has 6 nitrogen and oxygen atoms in total. The number of piperidine rings is 1. The van der Waals surface area contributed by atoms with Crippen LogP contribution in [-0.2, 0) is 6.54 Å². The van der Waals surface area contributed by atoms with Gasteiger partial charge in [0.05, 0.1) is 5.69 Å². The molecule has 0 spiro atoms. The SMILES string of the molecule is Cc1cc(C)c(-n2cccn2)c(CN2CCCC(c3noc(C)n3)C2)c1. The molecule has 1 aliphatic rings. The third-order valence-corrected chi connectivity index (χ3v) is 5.07. The van der Waals surface area contributed by atoms with Gasteiger partial charge >= 0.3 is 0 Å². The Morgan fingerprint density at radius 3 is 2.85 bits per heavy atom. The zero-order valence-corrected chi connectivity index (χ0v) is 15.6. The lowest BCUT2D eigenvalue weighted by Crippen LogP contribution is -2.34. The summed E-state index contributed by atoms with van der Waals surface area (Å²) in [5.41, 5.74) is 5.05. The molecular weight excluding hydrogens is 326 g/mol. The van der Waals surface area contributed by atoms with Gasteiger partial charge in [-0.3, -0.25) is 4.90 Å². The van der Waals surface area contributed by atoms with Gasteiger partial charge < -0.3 is 4.52 Å². The Hall–Kier alpha value is -2.47. The topological polar surface area (TPSA) is 60.0 Å². The average molecular weight is 351 g/mol. The normalized spacial score (nSPS) is 18.3. The molecule has 1 unspecified atom stereocenters. The van der Waals surface area contributed by atoms with Crippen LogP contribution in [0.15, 0.2) is 35.1 Å². The van der Waals surface area contributed by atoms with Gasteiger partial charge in [0, 0.05) is 38.3 Å². The van der Waals surface area contributed by atoms with Crippen LogP contribution >= 0.6 is 0 Å². The lowest BCUT2D eigenvalue weighted by atomic mass is 9.96. The molecule has 3 aromatic rings. The predicted octanol–water partition coefficient (Wildman–Crippen LogP) is 3.56. The molecule has 136 valence electrons. The Morgan fingerprint density at radius 1 is 1.23 bits per heavy atom. The Balaban J connectivity index is 1.59. The minimum Gasteiger partial charge on any atom is -0.340 e. The van der Waals surface area contributed by atoms with Crippen LogP contribution in [0.4, 0.5) is 0 Å². The largest absolute Gasteiger partial charge is 0.340 e. The van der Waals surface area contributed by atoms with Crippen LogP contribution in [0.1, 0.15) is 47.2 Å². The molecule has 1 saturated heterocycles. The monoisotopic (exact) mass is 351 g/mol. The van der Waals surface area contributed by atoms with E-state index >= 15 is 0 Å². The van der Waals surface area contributed by atoms with E-state index in [2.05, 4.69) is 46.1 Å². The minimum absolute atomic E-state index is 0.347. The first-order chi connectivity index (χ1) is 12.6. The van der Waals surface area contributed by atoms with E-state index in [1.165, 1.54) is 22.4 Å². The molecule has 6 heteroatoms. The van der Waals surface area contributed by atoms with Gasteiger partial charge in [-0.1, -0.05) is 22.9 Å². The van der Waals surface area contributed by atoms with Gasteiger partial charge in [-0.25, -0.2) is 4.68 Å². The molecular formula is C20H25N5O. The maximum atomic E-state index is 5.18. The zero-order valence-electron chi connectivity index (χ0n) is 15.6. The standard InChI is InChI=1S/C20H25N5O/c1-14-10-15(2)19(25-9-5-7-21-25)18(11-14)13-24-8-4-6-17(12-24)20-22-16(3)26-23-20/h5,7,9-11,17H,4,6,8,12-13H2,1-3H3. The molecule has 0 N–H and O–H groups in total. The second kappa shape index (κ2) is 7.03. The van der Waals surface area contributed by atoms with Gasteiger partial charge in [0.25, 0.3) is 0 Å². The molecule has 1 atom stereocenters. The second-order valence-corrected chi connectivity index (χ2v) is 7.29. The van der Waals surface area contributed by atoms with Crippen LogP contribution in [0.3, 0.4) is 0 Å². The zero-order chi connectivity index (χ0) is 18.1. The number of hydrogen-bond acceptors (Lipinski definition) is 5. The van der Waals surface area contributed by atoms with E-state index in [1.54, 1.807) is 0 Å². The van der Waals surface area contributed by atoms with Crippen molar-refractivity contribution in [1.29, 1.82) is 0 Å². The number of benzene rings is 1. The van der Waals surface area contributed by atoms with Gasteiger partial charge in [-0.2, -0.15) is 10.1 Å². The number of likely N-dealkylation sites (tertiary alicyclic amines) is 1. The number of rotatable bonds is 4. The Bertz CT molecular complexity index is 884. The molecule has 0 aliphatic carbocycles. The molecule has 4 rings (SSSR count). The van der Waals surface area contributed by atoms with Crippen molar-refractivity contribution in [1.82, 2.24) is 24.8 Å². The van der Waals surface area contributed by atoms with Crippen molar-refractivity contribution in [2.75, 3.05) is 13.1 Å². The fourth-order valence-corrected chi connectivity index (χ4v) is 4.03. The summed E-state index contributed by atoms with van der Waals surface area (Å²) in [6.07, 6.45) is 6.12. The molecule has 1 aliphatic heterocycles. The van der Waals surface area contributed by atoms with Crippen LogP contribution in [-0.4, -0.2) is 37.9 Å². The van der Waals surface area contributed by atoms with Gasteiger partial charge in [0.15, 0.2) is 5.82 Å². The second-order valence-electron chi connectivity index (χ2n) is 7.29. The highest BCUT2D eigenvalue weighted by Gasteiger charge is 2.26. The van der Waals surface area contributed by atoms with Crippen LogP contribution in [0.2, 0.25) is 0 Å². The summed E-state index contributed by atoms with van der Waals surface area (Å²) >= 11 is 0. The summed E-state index contributed by atoms with van der Waals surface area (Å²) in [5.74, 6) is 1.84. The first kappa shape index (κ1) is 17.0. The molecule has 0 bridgehead atoms. The van der Waals surface area contributed by atoms with E-state index in [1.807, 2.05) is 30.1 Å². The van der Waals surface area contributed by atoms with Gasteiger partial charge in [-0.05, 0) is 50.4 Å². The average Bonchev–Trinajstić information content (AvgIpc) is 3.26. The number of aryl methyl sites for hydroxylation is 3. The lowest BCUT2D eigenvalue weighted by molar-refractivity contribution is 0.194. The number of nitrogens with zero attached hydrogens (tertiary/aromatic N) is 5. The first-order valence-corrected chi connectivity index (χ1v) is 9.23. The third kappa shape index (κ3) is 3.42. The van der Waals surface area contributed by atoms with Gasteiger partial charge in [0.1, 0.15) is 0 Å². The number of aromatic nitrogens is 4. The van der Waals surface area contributed by atoms with Gasteiger partial charge in [-0.15, -0.1) is 0 Å². The van der Waals surface area contributed by atoms with E-state index < -0.39 is 0 Å². The predicted molar refractivity (Wildman–Crippen MR) is 99.3 cm³/mol. The summed E-state index contributed by atoms with van der Waals surface area (Å²) in [7, 11) is 0. The molecule has 2 aromatic heterocycles. The van der Waals surface area contributed by atoms with Crippen molar-refractivity contribution in [2.45, 2.75) is 46.1 Å². The molecule has 1 fully saturated rings. The highest BCUT2D eigenvalue weighted by Crippen LogP contribution is 2.28. The number of hydrogen-bond donors (Lipinski definition) is 0. The van der Waals surface area contributed by atoms with Crippen LogP contribution in [0, 0.1) is 20.8 Å². The molecule has 0 amide bonds. The highest BCUT2D eigenvalue weighted by atomic mass is 16.5. The van der Waals surface area contributed by atoms with E-state index in [-0.39, 0.29) is 0 Å². The van der Waals surface area contributed by atoms with E-state index in [0.29, 0.717) is 11.8 Å². The summed E-state index contributed by atoms with van der Waals surface area (Å²) in [6, 6.07) is 6.48. The third-order valence-electron chi connectivity index (χ3n) is 5.07. The van der Waals surface area contributed by atoms with Gasteiger partial charge in [0.2, 0.25) is 5.89 Å². The fourth-order valence-electron chi connectivity index (χ4n) is 4.03. The van der Waals surface area contributed by atoms with Crippen molar-refractivity contribution in [3.63, 3.8) is 0 Å². The van der Waals surface area contributed by atoms with Crippen LogP contribution in [0.25, 0.3) is 5.69 Å². The van der Waals surface area contributed by atoms with E-state index in [9.17, 15) is 0 Å². The summed E-state index contributed by atoms with van der Waals surface area (Å²) in [6.45, 7) is 9.14. The molecule has 1 aromatic carbocycles.